The van der Waals surface area contributed by atoms with Crippen LogP contribution in [0.1, 0.15) is 18.4 Å². The van der Waals surface area contributed by atoms with Crippen LogP contribution in [0.2, 0.25) is 0 Å². The van der Waals surface area contributed by atoms with Crippen LogP contribution in [0.5, 0.6) is 11.8 Å². The summed E-state index contributed by atoms with van der Waals surface area (Å²) < 4.78 is 16.4. The summed E-state index contributed by atoms with van der Waals surface area (Å²) in [6.45, 7) is 1.76. The van der Waals surface area contributed by atoms with E-state index in [9.17, 15) is 4.79 Å². The molecule has 1 unspecified atom stereocenters. The van der Waals surface area contributed by atoms with Crippen molar-refractivity contribution in [2.45, 2.75) is 25.6 Å². The summed E-state index contributed by atoms with van der Waals surface area (Å²) in [7, 11) is 1.54. The zero-order valence-electron chi connectivity index (χ0n) is 14.8. The Morgan fingerprint density at radius 2 is 1.92 bits per heavy atom. The number of ether oxygens (including phenoxy) is 3. The van der Waals surface area contributed by atoms with Gasteiger partial charge in [0.05, 0.1) is 20.3 Å². The highest BCUT2D eigenvalue weighted by atomic mass is 16.5. The minimum atomic E-state index is -0.0930. The molecule has 0 radical (unpaired) electrons. The van der Waals surface area contributed by atoms with Crippen LogP contribution in [0.15, 0.2) is 42.5 Å². The SMILES string of the molecule is COc1ccc(OC2CCCN(C(=O)COCc3ccccc3)C2)nn1. The molecule has 1 amide bonds. The van der Waals surface area contributed by atoms with Crippen molar-refractivity contribution >= 4 is 5.91 Å². The number of carbonyl (C=O) groups excluding carboxylic acids is 1. The van der Waals surface area contributed by atoms with Crippen molar-refractivity contribution in [3.63, 3.8) is 0 Å². The first-order valence-corrected chi connectivity index (χ1v) is 8.68. The van der Waals surface area contributed by atoms with E-state index in [2.05, 4.69) is 10.2 Å². The second-order valence-electron chi connectivity index (χ2n) is 6.11. The average Bonchev–Trinajstić information content (AvgIpc) is 2.69. The first-order valence-electron chi connectivity index (χ1n) is 8.68. The number of benzene rings is 1. The molecule has 2 heterocycles. The van der Waals surface area contributed by atoms with E-state index in [1.54, 1.807) is 17.0 Å². The number of methoxy groups -OCH3 is 1. The molecule has 7 heteroatoms. The fraction of sp³-hybridized carbons (Fsp3) is 0.421. The quantitative estimate of drug-likeness (QED) is 0.755. The van der Waals surface area contributed by atoms with Gasteiger partial charge in [0.25, 0.3) is 0 Å². The molecule has 0 N–H and O–H groups in total. The van der Waals surface area contributed by atoms with E-state index in [1.807, 2.05) is 30.3 Å². The molecular weight excluding hydrogens is 334 g/mol. The Labute approximate surface area is 152 Å². The second kappa shape index (κ2) is 9.15. The van der Waals surface area contributed by atoms with Crippen LogP contribution in [0.25, 0.3) is 0 Å². The summed E-state index contributed by atoms with van der Waals surface area (Å²) in [6.07, 6.45) is 1.67. The molecule has 3 rings (SSSR count). The predicted octanol–water partition coefficient (Wildman–Crippen LogP) is 2.07. The number of hydrogen-bond acceptors (Lipinski definition) is 6. The van der Waals surface area contributed by atoms with Gasteiger partial charge in [-0.1, -0.05) is 30.3 Å². The van der Waals surface area contributed by atoms with Crippen molar-refractivity contribution in [3.8, 4) is 11.8 Å². The zero-order chi connectivity index (χ0) is 18.2. The molecule has 0 saturated carbocycles. The minimum Gasteiger partial charge on any atom is -0.480 e. The topological polar surface area (TPSA) is 73.8 Å². The minimum absolute atomic E-state index is 0.0185. The monoisotopic (exact) mass is 357 g/mol. The third kappa shape index (κ3) is 5.16. The van der Waals surface area contributed by atoms with Gasteiger partial charge in [-0.15, -0.1) is 10.2 Å². The Morgan fingerprint density at radius 1 is 1.15 bits per heavy atom. The molecule has 1 aromatic heterocycles. The summed E-state index contributed by atoms with van der Waals surface area (Å²) in [5, 5.41) is 7.86. The second-order valence-corrected chi connectivity index (χ2v) is 6.11. The largest absolute Gasteiger partial charge is 0.480 e. The molecule has 1 atom stereocenters. The van der Waals surface area contributed by atoms with Gasteiger partial charge in [0, 0.05) is 18.7 Å². The number of nitrogens with zero attached hydrogens (tertiary/aromatic N) is 3. The molecule has 2 aromatic rings. The highest BCUT2D eigenvalue weighted by molar-refractivity contribution is 5.77. The predicted molar refractivity (Wildman–Crippen MR) is 94.9 cm³/mol. The van der Waals surface area contributed by atoms with E-state index in [-0.39, 0.29) is 18.6 Å². The highest BCUT2D eigenvalue weighted by Crippen LogP contribution is 2.17. The fourth-order valence-corrected chi connectivity index (χ4v) is 2.83. The third-order valence-electron chi connectivity index (χ3n) is 4.18. The summed E-state index contributed by atoms with van der Waals surface area (Å²) in [6, 6.07) is 13.2. The number of likely N-dealkylation sites (tertiary alicyclic amines) is 1. The molecule has 1 aliphatic heterocycles. The standard InChI is InChI=1S/C19H23N3O4/c1-24-17-9-10-18(21-20-17)26-16-8-5-11-22(12-16)19(23)14-25-13-15-6-3-2-4-7-15/h2-4,6-7,9-10,16H,5,8,11-14H2,1H3. The van der Waals surface area contributed by atoms with Crippen LogP contribution in [-0.2, 0) is 16.1 Å². The van der Waals surface area contributed by atoms with Gasteiger partial charge >= 0.3 is 0 Å². The summed E-state index contributed by atoms with van der Waals surface area (Å²) in [5.74, 6) is 0.855. The number of piperidine rings is 1. The number of hydrogen-bond donors (Lipinski definition) is 0. The molecular formula is C19H23N3O4. The summed E-state index contributed by atoms with van der Waals surface area (Å²) in [4.78, 5) is 14.2. The molecule has 1 fully saturated rings. The van der Waals surface area contributed by atoms with Gasteiger partial charge in [-0.05, 0) is 18.4 Å². The van der Waals surface area contributed by atoms with Crippen LogP contribution in [0, 0.1) is 0 Å². The van der Waals surface area contributed by atoms with E-state index in [1.165, 1.54) is 7.11 Å². The molecule has 7 nitrogen and oxygen atoms in total. The van der Waals surface area contributed by atoms with Crippen molar-refractivity contribution < 1.29 is 19.0 Å². The number of aromatic nitrogens is 2. The van der Waals surface area contributed by atoms with Crippen molar-refractivity contribution in [1.29, 1.82) is 0 Å². The van der Waals surface area contributed by atoms with Gasteiger partial charge in [-0.25, -0.2) is 0 Å². The van der Waals surface area contributed by atoms with Crippen LogP contribution < -0.4 is 9.47 Å². The lowest BCUT2D eigenvalue weighted by Gasteiger charge is -2.32. The normalized spacial score (nSPS) is 17.0. The van der Waals surface area contributed by atoms with E-state index in [4.69, 9.17) is 14.2 Å². The maximum absolute atomic E-state index is 12.4. The fourth-order valence-electron chi connectivity index (χ4n) is 2.83. The maximum Gasteiger partial charge on any atom is 0.248 e. The van der Waals surface area contributed by atoms with E-state index in [0.29, 0.717) is 24.9 Å². The van der Waals surface area contributed by atoms with Gasteiger partial charge in [0.15, 0.2) is 0 Å². The van der Waals surface area contributed by atoms with E-state index in [0.717, 1.165) is 24.9 Å². The molecule has 26 heavy (non-hydrogen) atoms. The first-order chi connectivity index (χ1) is 12.7. The molecule has 0 bridgehead atoms. The average molecular weight is 357 g/mol. The third-order valence-corrected chi connectivity index (χ3v) is 4.18. The first kappa shape index (κ1) is 18.1. The molecule has 1 saturated heterocycles. The van der Waals surface area contributed by atoms with Gasteiger partial charge in [-0.2, -0.15) is 0 Å². The molecule has 138 valence electrons. The van der Waals surface area contributed by atoms with E-state index >= 15 is 0 Å². The Bertz CT molecular complexity index is 694. The van der Waals surface area contributed by atoms with Crippen molar-refractivity contribution in [2.24, 2.45) is 0 Å². The van der Waals surface area contributed by atoms with Crippen LogP contribution in [-0.4, -0.2) is 53.9 Å². The van der Waals surface area contributed by atoms with Crippen LogP contribution in [0.4, 0.5) is 0 Å². The Hall–Kier alpha value is -2.67. The van der Waals surface area contributed by atoms with Crippen molar-refractivity contribution in [2.75, 3.05) is 26.8 Å². The molecule has 1 aliphatic rings. The van der Waals surface area contributed by atoms with Crippen LogP contribution in [0.3, 0.4) is 0 Å². The summed E-state index contributed by atoms with van der Waals surface area (Å²) in [5.41, 5.74) is 1.05. The Kier molecular flexibility index (Phi) is 6.38. The van der Waals surface area contributed by atoms with Gasteiger partial charge in [-0.3, -0.25) is 4.79 Å². The van der Waals surface area contributed by atoms with Gasteiger partial charge in [0.1, 0.15) is 12.7 Å². The lowest BCUT2D eigenvalue weighted by Crippen LogP contribution is -2.45. The Morgan fingerprint density at radius 3 is 2.65 bits per heavy atom. The maximum atomic E-state index is 12.4. The van der Waals surface area contributed by atoms with E-state index < -0.39 is 0 Å². The number of carbonyl (C=O) groups is 1. The summed E-state index contributed by atoms with van der Waals surface area (Å²) >= 11 is 0. The lowest BCUT2D eigenvalue weighted by molar-refractivity contribution is -0.139. The Balaban J connectivity index is 1.45. The van der Waals surface area contributed by atoms with Crippen molar-refractivity contribution in [3.05, 3.63) is 48.0 Å². The van der Waals surface area contributed by atoms with Crippen molar-refractivity contribution in [1.82, 2.24) is 15.1 Å². The molecule has 0 spiro atoms. The number of rotatable bonds is 7. The molecule has 1 aromatic carbocycles. The van der Waals surface area contributed by atoms with Gasteiger partial charge in [0.2, 0.25) is 17.7 Å². The highest BCUT2D eigenvalue weighted by Gasteiger charge is 2.25. The smallest absolute Gasteiger partial charge is 0.248 e. The molecule has 0 aliphatic carbocycles. The lowest BCUT2D eigenvalue weighted by atomic mass is 10.1. The van der Waals surface area contributed by atoms with Gasteiger partial charge < -0.3 is 19.1 Å². The number of amides is 1. The zero-order valence-corrected chi connectivity index (χ0v) is 14.8. The van der Waals surface area contributed by atoms with Crippen LogP contribution >= 0.6 is 0 Å².